The Hall–Kier alpha value is -1.59. The number of ether oxygens (including phenoxy) is 2. The number of nitrogens with one attached hydrogen (secondary N) is 1. The molecule has 1 unspecified atom stereocenters. The van der Waals surface area contributed by atoms with Crippen molar-refractivity contribution in [3.8, 4) is 5.75 Å². The number of morpholine rings is 1. The number of benzene rings is 1. The highest BCUT2D eigenvalue weighted by molar-refractivity contribution is 5.80. The number of carbonyl (C=O) groups is 1. The van der Waals surface area contributed by atoms with E-state index in [-0.39, 0.29) is 12.0 Å². The maximum absolute atomic E-state index is 11.6. The minimum absolute atomic E-state index is 0.0561. The lowest BCUT2D eigenvalue weighted by Crippen LogP contribution is -2.48. The van der Waals surface area contributed by atoms with Crippen LogP contribution < -0.4 is 10.1 Å². The lowest BCUT2D eigenvalue weighted by Gasteiger charge is -2.31. The first-order valence-corrected chi connectivity index (χ1v) is 6.41. The predicted molar refractivity (Wildman–Crippen MR) is 72.1 cm³/mol. The van der Waals surface area contributed by atoms with Gasteiger partial charge < -0.3 is 14.8 Å². The normalized spacial score (nSPS) is 20.0. The van der Waals surface area contributed by atoms with Crippen molar-refractivity contribution in [2.75, 3.05) is 33.9 Å². The predicted octanol–water partition coefficient (Wildman–Crippen LogP) is 0.642. The van der Waals surface area contributed by atoms with E-state index >= 15 is 0 Å². The molecule has 0 aliphatic carbocycles. The summed E-state index contributed by atoms with van der Waals surface area (Å²) in [5.41, 5.74) is 1.21. The summed E-state index contributed by atoms with van der Waals surface area (Å²) in [6.07, 6.45) is -0.364. The van der Waals surface area contributed by atoms with E-state index < -0.39 is 0 Å². The molecule has 1 aliphatic heterocycles. The topological polar surface area (TPSA) is 50.8 Å². The average molecular weight is 264 g/mol. The Bertz CT molecular complexity index is 419. The summed E-state index contributed by atoms with van der Waals surface area (Å²) in [5.74, 6) is 0.799. The first kappa shape index (κ1) is 13.8. The average Bonchev–Trinajstić information content (AvgIpc) is 2.47. The van der Waals surface area contributed by atoms with Crippen molar-refractivity contribution in [3.05, 3.63) is 29.8 Å². The van der Waals surface area contributed by atoms with Crippen LogP contribution in [0.15, 0.2) is 24.3 Å². The van der Waals surface area contributed by atoms with E-state index in [0.717, 1.165) is 18.8 Å². The van der Waals surface area contributed by atoms with E-state index in [2.05, 4.69) is 10.2 Å². The zero-order chi connectivity index (χ0) is 13.7. The maximum atomic E-state index is 11.6. The van der Waals surface area contributed by atoms with E-state index in [4.69, 9.17) is 9.47 Å². The highest BCUT2D eigenvalue weighted by Crippen LogP contribution is 2.14. The smallest absolute Gasteiger partial charge is 0.250 e. The Morgan fingerprint density at radius 2 is 2.21 bits per heavy atom. The van der Waals surface area contributed by atoms with Gasteiger partial charge in [-0.3, -0.25) is 9.69 Å². The van der Waals surface area contributed by atoms with Crippen molar-refractivity contribution in [1.29, 1.82) is 0 Å². The van der Waals surface area contributed by atoms with Gasteiger partial charge in [-0.25, -0.2) is 0 Å². The van der Waals surface area contributed by atoms with E-state index in [1.807, 2.05) is 24.3 Å². The second-order valence-electron chi connectivity index (χ2n) is 4.56. The van der Waals surface area contributed by atoms with Crippen LogP contribution in [0.1, 0.15) is 5.56 Å². The van der Waals surface area contributed by atoms with Crippen LogP contribution in [0.5, 0.6) is 5.75 Å². The standard InChI is InChI=1S/C14H20N2O3/c1-15-14(17)13-10-16(7-8-19-13)9-11-3-5-12(18-2)6-4-11/h3-6,13H,7-10H2,1-2H3,(H,15,17). The van der Waals surface area contributed by atoms with Gasteiger partial charge in [-0.2, -0.15) is 0 Å². The third kappa shape index (κ3) is 3.68. The molecule has 5 nitrogen and oxygen atoms in total. The molecule has 1 aromatic carbocycles. The molecule has 0 bridgehead atoms. The molecule has 0 spiro atoms. The maximum Gasteiger partial charge on any atom is 0.250 e. The number of nitrogens with zero attached hydrogens (tertiary/aromatic N) is 1. The minimum atomic E-state index is -0.364. The number of methoxy groups -OCH3 is 1. The zero-order valence-electron chi connectivity index (χ0n) is 11.4. The van der Waals surface area contributed by atoms with Gasteiger partial charge in [0.1, 0.15) is 11.9 Å². The summed E-state index contributed by atoms with van der Waals surface area (Å²) in [6, 6.07) is 7.99. The number of rotatable bonds is 4. The van der Waals surface area contributed by atoms with Crippen LogP contribution in [-0.4, -0.2) is 50.8 Å². The lowest BCUT2D eigenvalue weighted by molar-refractivity contribution is -0.138. The fourth-order valence-electron chi connectivity index (χ4n) is 2.15. The van der Waals surface area contributed by atoms with E-state index in [1.54, 1.807) is 14.2 Å². The minimum Gasteiger partial charge on any atom is -0.497 e. The summed E-state index contributed by atoms with van der Waals surface area (Å²) >= 11 is 0. The van der Waals surface area contributed by atoms with Gasteiger partial charge in [0.15, 0.2) is 0 Å². The van der Waals surface area contributed by atoms with Crippen molar-refractivity contribution < 1.29 is 14.3 Å². The fraction of sp³-hybridized carbons (Fsp3) is 0.500. The Morgan fingerprint density at radius 1 is 1.47 bits per heavy atom. The third-order valence-electron chi connectivity index (χ3n) is 3.25. The van der Waals surface area contributed by atoms with Crippen LogP contribution in [-0.2, 0) is 16.1 Å². The quantitative estimate of drug-likeness (QED) is 0.867. The number of carbonyl (C=O) groups excluding carboxylic acids is 1. The molecule has 0 radical (unpaired) electrons. The summed E-state index contributed by atoms with van der Waals surface area (Å²) < 4.78 is 10.6. The van der Waals surface area contributed by atoms with Crippen molar-refractivity contribution in [1.82, 2.24) is 10.2 Å². The molecule has 1 N–H and O–H groups in total. The first-order valence-electron chi connectivity index (χ1n) is 6.41. The Labute approximate surface area is 113 Å². The molecular weight excluding hydrogens is 244 g/mol. The van der Waals surface area contributed by atoms with Crippen LogP contribution in [0.3, 0.4) is 0 Å². The Balaban J connectivity index is 1.92. The molecule has 0 aromatic heterocycles. The highest BCUT2D eigenvalue weighted by Gasteiger charge is 2.25. The van der Waals surface area contributed by atoms with Crippen LogP contribution in [0.2, 0.25) is 0 Å². The molecule has 1 amide bonds. The largest absolute Gasteiger partial charge is 0.497 e. The molecule has 0 saturated carbocycles. The Kier molecular flexibility index (Phi) is 4.76. The van der Waals surface area contributed by atoms with Crippen LogP contribution in [0, 0.1) is 0 Å². The second kappa shape index (κ2) is 6.54. The summed E-state index contributed by atoms with van der Waals surface area (Å²) in [5, 5.41) is 2.63. The van der Waals surface area contributed by atoms with Gasteiger partial charge in [-0.1, -0.05) is 12.1 Å². The Morgan fingerprint density at radius 3 is 2.84 bits per heavy atom. The summed E-state index contributed by atoms with van der Waals surface area (Å²) in [7, 11) is 3.29. The SMILES string of the molecule is CNC(=O)C1CN(Cc2ccc(OC)cc2)CCO1. The zero-order valence-corrected chi connectivity index (χ0v) is 11.4. The third-order valence-corrected chi connectivity index (χ3v) is 3.25. The van der Waals surface area contributed by atoms with Gasteiger partial charge in [0.05, 0.1) is 13.7 Å². The first-order chi connectivity index (χ1) is 9.22. The van der Waals surface area contributed by atoms with E-state index in [0.29, 0.717) is 13.2 Å². The monoisotopic (exact) mass is 264 g/mol. The fourth-order valence-corrected chi connectivity index (χ4v) is 2.15. The molecule has 2 rings (SSSR count). The molecule has 1 atom stereocenters. The van der Waals surface area contributed by atoms with Crippen LogP contribution in [0.25, 0.3) is 0 Å². The molecule has 5 heteroatoms. The molecule has 19 heavy (non-hydrogen) atoms. The molecule has 1 aromatic rings. The van der Waals surface area contributed by atoms with E-state index in [1.165, 1.54) is 5.56 Å². The van der Waals surface area contributed by atoms with Gasteiger partial charge in [0.25, 0.3) is 0 Å². The molecule has 1 heterocycles. The number of hydrogen-bond acceptors (Lipinski definition) is 4. The van der Waals surface area contributed by atoms with Crippen molar-refractivity contribution in [3.63, 3.8) is 0 Å². The number of amides is 1. The molecular formula is C14H20N2O3. The van der Waals surface area contributed by atoms with Gasteiger partial charge in [-0.15, -0.1) is 0 Å². The molecule has 1 aliphatic rings. The molecule has 104 valence electrons. The summed E-state index contributed by atoms with van der Waals surface area (Å²) in [6.45, 7) is 2.89. The van der Waals surface area contributed by atoms with Crippen molar-refractivity contribution in [2.45, 2.75) is 12.6 Å². The second-order valence-corrected chi connectivity index (χ2v) is 4.56. The van der Waals surface area contributed by atoms with Gasteiger partial charge in [0.2, 0.25) is 5.91 Å². The van der Waals surface area contributed by atoms with Crippen molar-refractivity contribution in [2.24, 2.45) is 0 Å². The molecule has 1 saturated heterocycles. The number of hydrogen-bond donors (Lipinski definition) is 1. The van der Waals surface area contributed by atoms with Crippen molar-refractivity contribution >= 4 is 5.91 Å². The molecule has 1 fully saturated rings. The van der Waals surface area contributed by atoms with Gasteiger partial charge >= 0.3 is 0 Å². The summed E-state index contributed by atoms with van der Waals surface area (Å²) in [4.78, 5) is 13.8. The lowest BCUT2D eigenvalue weighted by atomic mass is 10.1. The van der Waals surface area contributed by atoms with Crippen LogP contribution >= 0.6 is 0 Å². The number of likely N-dealkylation sites (N-methyl/N-ethyl adjacent to an activating group) is 1. The van der Waals surface area contributed by atoms with Gasteiger partial charge in [0, 0.05) is 26.7 Å². The highest BCUT2D eigenvalue weighted by atomic mass is 16.5. The van der Waals surface area contributed by atoms with E-state index in [9.17, 15) is 4.79 Å². The van der Waals surface area contributed by atoms with Gasteiger partial charge in [-0.05, 0) is 17.7 Å². The van der Waals surface area contributed by atoms with Crippen LogP contribution in [0.4, 0.5) is 0 Å².